The fourth-order valence-electron chi connectivity index (χ4n) is 2.40. The molecule has 3 rings (SSSR count). The number of aromatic amines is 1. The molecule has 0 aliphatic carbocycles. The molecule has 0 unspecified atom stereocenters. The summed E-state index contributed by atoms with van der Waals surface area (Å²) in [6, 6.07) is 13.2. The predicted molar refractivity (Wildman–Crippen MR) is 90.6 cm³/mol. The molecule has 5 heteroatoms. The lowest BCUT2D eigenvalue weighted by atomic mass is 10.1. The first-order valence-electron chi connectivity index (χ1n) is 7.59. The maximum Gasteiger partial charge on any atom is 0.228 e. The van der Waals surface area contributed by atoms with Gasteiger partial charge in [0.15, 0.2) is 0 Å². The summed E-state index contributed by atoms with van der Waals surface area (Å²) in [6.07, 6.45) is 2.00. The molecule has 0 aliphatic heterocycles. The summed E-state index contributed by atoms with van der Waals surface area (Å²) >= 11 is 0. The average Bonchev–Trinajstić information content (AvgIpc) is 2.96. The Kier molecular flexibility index (Phi) is 4.28. The number of fused-ring (bicyclic) bond motifs is 1. The molecule has 0 saturated heterocycles. The number of rotatable bonds is 5. The van der Waals surface area contributed by atoms with E-state index in [4.69, 9.17) is 4.74 Å². The van der Waals surface area contributed by atoms with Gasteiger partial charge in [-0.15, -0.1) is 0 Å². The van der Waals surface area contributed by atoms with E-state index in [-0.39, 0.29) is 12.0 Å². The number of hydrogen-bond donors (Lipinski definition) is 2. The minimum Gasteiger partial charge on any atom is -0.489 e. The Morgan fingerprint density at radius 2 is 2.09 bits per heavy atom. The number of ether oxygens (including phenoxy) is 1. The van der Waals surface area contributed by atoms with Gasteiger partial charge in [-0.1, -0.05) is 18.2 Å². The molecule has 0 saturated carbocycles. The predicted octanol–water partition coefficient (Wildman–Crippen LogP) is 3.53. The number of benzene rings is 2. The lowest BCUT2D eigenvalue weighted by molar-refractivity contribution is -0.115. The highest BCUT2D eigenvalue weighted by Crippen LogP contribution is 2.25. The zero-order chi connectivity index (χ0) is 16.2. The molecule has 0 atom stereocenters. The Labute approximate surface area is 134 Å². The lowest BCUT2D eigenvalue weighted by Gasteiger charge is -2.14. The number of nitrogens with one attached hydrogen (secondary N) is 2. The van der Waals surface area contributed by atoms with E-state index < -0.39 is 0 Å². The summed E-state index contributed by atoms with van der Waals surface area (Å²) in [6.45, 7) is 3.91. The van der Waals surface area contributed by atoms with Gasteiger partial charge in [-0.05, 0) is 43.7 Å². The molecule has 5 nitrogen and oxygen atoms in total. The van der Waals surface area contributed by atoms with Gasteiger partial charge in [-0.3, -0.25) is 4.79 Å². The van der Waals surface area contributed by atoms with Gasteiger partial charge in [0, 0.05) is 0 Å². The molecule has 1 aromatic heterocycles. The van der Waals surface area contributed by atoms with Crippen molar-refractivity contribution in [3.63, 3.8) is 0 Å². The van der Waals surface area contributed by atoms with Crippen molar-refractivity contribution in [1.29, 1.82) is 0 Å². The third-order valence-corrected chi connectivity index (χ3v) is 3.37. The molecule has 0 aliphatic rings. The number of carbonyl (C=O) groups is 1. The van der Waals surface area contributed by atoms with Crippen molar-refractivity contribution in [3.05, 3.63) is 54.4 Å². The van der Waals surface area contributed by atoms with Crippen molar-refractivity contribution >= 4 is 22.6 Å². The van der Waals surface area contributed by atoms with Gasteiger partial charge < -0.3 is 15.0 Å². The fourth-order valence-corrected chi connectivity index (χ4v) is 2.40. The van der Waals surface area contributed by atoms with E-state index in [0.717, 1.165) is 16.6 Å². The first-order valence-corrected chi connectivity index (χ1v) is 7.59. The summed E-state index contributed by atoms with van der Waals surface area (Å²) in [7, 11) is 0. The number of imidazole rings is 1. The van der Waals surface area contributed by atoms with Crippen molar-refractivity contribution in [1.82, 2.24) is 9.97 Å². The van der Waals surface area contributed by atoms with E-state index in [1.165, 1.54) is 0 Å². The molecule has 3 aromatic rings. The lowest BCUT2D eigenvalue weighted by Crippen LogP contribution is -2.16. The van der Waals surface area contributed by atoms with Crippen LogP contribution in [-0.2, 0) is 11.2 Å². The molecule has 118 valence electrons. The molecule has 0 fully saturated rings. The molecular weight excluding hydrogens is 290 g/mol. The zero-order valence-corrected chi connectivity index (χ0v) is 13.2. The smallest absolute Gasteiger partial charge is 0.228 e. The maximum atomic E-state index is 12.3. The standard InChI is InChI=1S/C18H19N3O2/c1-12(2)23-17-6-4-3-5-15(17)21-18(22)10-13-7-8-14-16(9-13)20-11-19-14/h3-9,11-12H,10H2,1-2H3,(H,19,20)(H,21,22). The minimum absolute atomic E-state index is 0.0517. The van der Waals surface area contributed by atoms with Crippen molar-refractivity contribution in [3.8, 4) is 5.75 Å². The van der Waals surface area contributed by atoms with Crippen LogP contribution in [0.1, 0.15) is 19.4 Å². The number of carbonyl (C=O) groups excluding carboxylic acids is 1. The van der Waals surface area contributed by atoms with Gasteiger partial charge in [0.05, 0.1) is 35.6 Å². The number of H-pyrrole nitrogens is 1. The van der Waals surface area contributed by atoms with Gasteiger partial charge in [0.1, 0.15) is 5.75 Å². The highest BCUT2D eigenvalue weighted by molar-refractivity contribution is 5.94. The molecule has 1 amide bonds. The van der Waals surface area contributed by atoms with Crippen LogP contribution in [-0.4, -0.2) is 22.0 Å². The van der Waals surface area contributed by atoms with Gasteiger partial charge in [0.25, 0.3) is 0 Å². The first-order chi connectivity index (χ1) is 11.1. The molecule has 1 heterocycles. The summed E-state index contributed by atoms with van der Waals surface area (Å²) < 4.78 is 5.72. The van der Waals surface area contributed by atoms with E-state index >= 15 is 0 Å². The minimum atomic E-state index is -0.0799. The quantitative estimate of drug-likeness (QED) is 0.757. The highest BCUT2D eigenvalue weighted by Gasteiger charge is 2.10. The number of aromatic nitrogens is 2. The SMILES string of the molecule is CC(C)Oc1ccccc1NC(=O)Cc1ccc2nc[nH]c2c1. The topological polar surface area (TPSA) is 67.0 Å². The van der Waals surface area contributed by atoms with Gasteiger partial charge in [-0.2, -0.15) is 0 Å². The van der Waals surface area contributed by atoms with E-state index in [1.54, 1.807) is 6.33 Å². The highest BCUT2D eigenvalue weighted by atomic mass is 16.5. The van der Waals surface area contributed by atoms with Crippen molar-refractivity contribution in [2.45, 2.75) is 26.4 Å². The summed E-state index contributed by atoms with van der Waals surface area (Å²) in [4.78, 5) is 19.5. The number of para-hydroxylation sites is 2. The van der Waals surface area contributed by atoms with Gasteiger partial charge in [0.2, 0.25) is 5.91 Å². The fraction of sp³-hybridized carbons (Fsp3) is 0.222. The molecular formula is C18H19N3O2. The Bertz CT molecular complexity index is 824. The van der Waals surface area contributed by atoms with Gasteiger partial charge in [-0.25, -0.2) is 4.98 Å². The van der Waals surface area contributed by atoms with Crippen LogP contribution in [0.15, 0.2) is 48.8 Å². The van der Waals surface area contributed by atoms with Crippen LogP contribution < -0.4 is 10.1 Å². The summed E-state index contributed by atoms with van der Waals surface area (Å²) in [5.41, 5.74) is 3.44. The summed E-state index contributed by atoms with van der Waals surface area (Å²) in [5, 5.41) is 2.92. The van der Waals surface area contributed by atoms with E-state index in [1.807, 2.05) is 56.3 Å². The Hall–Kier alpha value is -2.82. The maximum absolute atomic E-state index is 12.3. The number of amides is 1. The second-order valence-corrected chi connectivity index (χ2v) is 5.64. The first kappa shape index (κ1) is 15.1. The molecule has 0 bridgehead atoms. The largest absolute Gasteiger partial charge is 0.489 e. The molecule has 2 N–H and O–H groups in total. The molecule has 0 radical (unpaired) electrons. The number of hydrogen-bond acceptors (Lipinski definition) is 3. The van der Waals surface area contributed by atoms with Crippen LogP contribution in [0, 0.1) is 0 Å². The number of nitrogens with zero attached hydrogens (tertiary/aromatic N) is 1. The Morgan fingerprint density at radius 1 is 1.26 bits per heavy atom. The third kappa shape index (κ3) is 3.69. The van der Waals surface area contributed by atoms with Crippen molar-refractivity contribution in [2.75, 3.05) is 5.32 Å². The van der Waals surface area contributed by atoms with E-state index in [0.29, 0.717) is 17.9 Å². The Morgan fingerprint density at radius 3 is 2.91 bits per heavy atom. The van der Waals surface area contributed by atoms with Crippen LogP contribution in [0.4, 0.5) is 5.69 Å². The zero-order valence-electron chi connectivity index (χ0n) is 13.2. The number of anilines is 1. The normalized spacial score (nSPS) is 10.9. The molecule has 2 aromatic carbocycles. The van der Waals surface area contributed by atoms with Gasteiger partial charge >= 0.3 is 0 Å². The second-order valence-electron chi connectivity index (χ2n) is 5.64. The monoisotopic (exact) mass is 309 g/mol. The third-order valence-electron chi connectivity index (χ3n) is 3.37. The van der Waals surface area contributed by atoms with Crippen LogP contribution in [0.5, 0.6) is 5.75 Å². The van der Waals surface area contributed by atoms with Crippen molar-refractivity contribution < 1.29 is 9.53 Å². The molecule has 0 spiro atoms. The second kappa shape index (κ2) is 6.52. The van der Waals surface area contributed by atoms with Crippen molar-refractivity contribution in [2.24, 2.45) is 0 Å². The average molecular weight is 309 g/mol. The Balaban J connectivity index is 1.71. The van der Waals surface area contributed by atoms with E-state index in [9.17, 15) is 4.79 Å². The van der Waals surface area contributed by atoms with Crippen LogP contribution in [0.3, 0.4) is 0 Å². The van der Waals surface area contributed by atoms with Crippen LogP contribution in [0.2, 0.25) is 0 Å². The van der Waals surface area contributed by atoms with Crippen LogP contribution >= 0.6 is 0 Å². The van der Waals surface area contributed by atoms with E-state index in [2.05, 4.69) is 15.3 Å². The van der Waals surface area contributed by atoms with Crippen LogP contribution in [0.25, 0.3) is 11.0 Å². The molecule has 23 heavy (non-hydrogen) atoms. The summed E-state index contributed by atoms with van der Waals surface area (Å²) in [5.74, 6) is 0.601.